The average Bonchev–Trinajstić information content (AvgIpc) is 2.52. The lowest BCUT2D eigenvalue weighted by molar-refractivity contribution is -0.137. The smallest absolute Gasteiger partial charge is 0.384 e. The van der Waals surface area contributed by atoms with Gasteiger partial charge in [0.2, 0.25) is 0 Å². The Morgan fingerprint density at radius 3 is 2.15 bits per heavy atom. The summed E-state index contributed by atoms with van der Waals surface area (Å²) in [5.41, 5.74) is 2.19. The fourth-order valence-corrected chi connectivity index (χ4v) is 1.75. The molecule has 0 saturated carbocycles. The molecule has 0 spiro atoms. The van der Waals surface area contributed by atoms with Gasteiger partial charge in [-0.05, 0) is 17.5 Å². The fraction of sp³-hybridized carbons (Fsp3) is 0.167. The number of ether oxygens (including phenoxy) is 1. The molecule has 0 aromatic heterocycles. The van der Waals surface area contributed by atoms with Crippen molar-refractivity contribution in [2.45, 2.75) is 19.4 Å². The molecule has 0 heterocycles. The highest BCUT2D eigenvalue weighted by atomic mass is 16.5. The minimum absolute atomic E-state index is 0.271. The van der Waals surface area contributed by atoms with E-state index in [0.29, 0.717) is 6.42 Å². The van der Waals surface area contributed by atoms with Crippen LogP contribution in [0.2, 0.25) is 0 Å². The molecule has 0 aliphatic carbocycles. The number of benzene rings is 2. The number of carbonyl (C=O) groups excluding carboxylic acids is 1. The number of aryl methyl sites for hydroxylation is 1. The van der Waals surface area contributed by atoms with E-state index in [9.17, 15) is 4.79 Å². The summed E-state index contributed by atoms with van der Waals surface area (Å²) in [4.78, 5) is 11.4. The zero-order valence-corrected chi connectivity index (χ0v) is 11.2. The maximum Gasteiger partial charge on any atom is 0.384 e. The molecule has 0 unspecified atom stereocenters. The molecule has 2 nitrogen and oxygen atoms in total. The molecule has 0 saturated heterocycles. The zero-order chi connectivity index (χ0) is 14.0. The predicted molar refractivity (Wildman–Crippen MR) is 78.8 cm³/mol. The molecule has 0 amide bonds. The average molecular weight is 264 g/mol. The van der Waals surface area contributed by atoms with E-state index in [2.05, 4.69) is 24.0 Å². The molecule has 2 rings (SSSR count). The van der Waals surface area contributed by atoms with Crippen LogP contribution in [0.3, 0.4) is 0 Å². The summed E-state index contributed by atoms with van der Waals surface area (Å²) >= 11 is 0. The molecule has 0 N–H and O–H groups in total. The lowest BCUT2D eigenvalue weighted by Gasteiger charge is -1.99. The molecule has 0 radical (unpaired) electrons. The van der Waals surface area contributed by atoms with Crippen molar-refractivity contribution in [2.75, 3.05) is 0 Å². The molecule has 0 aliphatic heterocycles. The van der Waals surface area contributed by atoms with E-state index >= 15 is 0 Å². The molecule has 2 aromatic rings. The van der Waals surface area contributed by atoms with Gasteiger partial charge in [-0.2, -0.15) is 0 Å². The van der Waals surface area contributed by atoms with Crippen LogP contribution in [0.5, 0.6) is 0 Å². The highest BCUT2D eigenvalue weighted by Crippen LogP contribution is 2.02. The second-order valence-electron chi connectivity index (χ2n) is 4.35. The lowest BCUT2D eigenvalue weighted by atomic mass is 10.1. The predicted octanol–water partition coefficient (Wildman–Crippen LogP) is 3.37. The fourth-order valence-electron chi connectivity index (χ4n) is 1.75. The number of esters is 1. The Morgan fingerprint density at radius 2 is 1.50 bits per heavy atom. The summed E-state index contributed by atoms with van der Waals surface area (Å²) in [6.07, 6.45) is 1.50. The summed E-state index contributed by atoms with van der Waals surface area (Å²) in [6, 6.07) is 19.7. The van der Waals surface area contributed by atoms with Crippen LogP contribution >= 0.6 is 0 Å². The second-order valence-corrected chi connectivity index (χ2v) is 4.35. The third-order valence-corrected chi connectivity index (χ3v) is 2.78. The molecule has 0 atom stereocenters. The van der Waals surface area contributed by atoms with Crippen molar-refractivity contribution in [3.05, 3.63) is 71.8 Å². The van der Waals surface area contributed by atoms with Crippen molar-refractivity contribution in [2.24, 2.45) is 0 Å². The van der Waals surface area contributed by atoms with Gasteiger partial charge >= 0.3 is 5.97 Å². The van der Waals surface area contributed by atoms with Crippen LogP contribution in [0.15, 0.2) is 60.7 Å². The third kappa shape index (κ3) is 4.99. The maximum atomic E-state index is 11.4. The van der Waals surface area contributed by atoms with Crippen molar-refractivity contribution >= 4 is 5.97 Å². The van der Waals surface area contributed by atoms with Crippen LogP contribution in [0.25, 0.3) is 0 Å². The number of carbonyl (C=O) groups is 1. The topological polar surface area (TPSA) is 26.3 Å². The normalized spacial score (nSPS) is 9.40. The van der Waals surface area contributed by atoms with Crippen LogP contribution in [0.1, 0.15) is 17.5 Å². The quantitative estimate of drug-likeness (QED) is 0.481. The van der Waals surface area contributed by atoms with Crippen molar-refractivity contribution in [3.8, 4) is 11.8 Å². The van der Waals surface area contributed by atoms with Crippen molar-refractivity contribution < 1.29 is 9.53 Å². The highest BCUT2D eigenvalue weighted by Gasteiger charge is 1.97. The van der Waals surface area contributed by atoms with Gasteiger partial charge in [0.15, 0.2) is 0 Å². The van der Waals surface area contributed by atoms with Crippen LogP contribution in [-0.2, 0) is 22.6 Å². The van der Waals surface area contributed by atoms with E-state index in [-0.39, 0.29) is 6.61 Å². The first-order chi connectivity index (χ1) is 9.84. The first-order valence-electron chi connectivity index (χ1n) is 6.58. The van der Waals surface area contributed by atoms with Crippen molar-refractivity contribution in [1.82, 2.24) is 0 Å². The standard InChI is InChI=1S/C18H16O2/c19-18(20-15-17-12-5-2-6-13-17)14-8-7-11-16-9-3-1-4-10-16/h1-6,9-10,12-13H,7,11,15H2. The van der Waals surface area contributed by atoms with Gasteiger partial charge < -0.3 is 4.74 Å². The minimum atomic E-state index is -0.470. The summed E-state index contributed by atoms with van der Waals surface area (Å²) < 4.78 is 5.07. The van der Waals surface area contributed by atoms with Gasteiger partial charge in [0.05, 0.1) is 0 Å². The minimum Gasteiger partial charge on any atom is -0.451 e. The summed E-state index contributed by atoms with van der Waals surface area (Å²) in [6.45, 7) is 0.271. The van der Waals surface area contributed by atoms with Crippen LogP contribution < -0.4 is 0 Å². The van der Waals surface area contributed by atoms with E-state index < -0.39 is 5.97 Å². The van der Waals surface area contributed by atoms with Crippen molar-refractivity contribution in [1.29, 1.82) is 0 Å². The highest BCUT2D eigenvalue weighted by molar-refractivity contribution is 5.88. The molecule has 2 aromatic carbocycles. The Bertz CT molecular complexity index is 592. The van der Waals surface area contributed by atoms with Gasteiger partial charge in [-0.3, -0.25) is 0 Å². The van der Waals surface area contributed by atoms with Gasteiger partial charge in [-0.25, -0.2) is 4.79 Å². The van der Waals surface area contributed by atoms with E-state index in [1.165, 1.54) is 5.56 Å². The van der Waals surface area contributed by atoms with Gasteiger partial charge in [-0.15, -0.1) is 0 Å². The SMILES string of the molecule is O=C(C#CCCc1ccccc1)OCc1ccccc1. The summed E-state index contributed by atoms with van der Waals surface area (Å²) in [5.74, 6) is 4.89. The van der Waals surface area contributed by atoms with Gasteiger partial charge in [-0.1, -0.05) is 66.6 Å². The second kappa shape index (κ2) is 7.81. The monoisotopic (exact) mass is 264 g/mol. The van der Waals surface area contributed by atoms with E-state index in [1.54, 1.807) is 0 Å². The Hall–Kier alpha value is -2.53. The Labute approximate surface area is 119 Å². The van der Waals surface area contributed by atoms with Crippen LogP contribution in [-0.4, -0.2) is 5.97 Å². The molecular weight excluding hydrogens is 248 g/mol. The van der Waals surface area contributed by atoms with Gasteiger partial charge in [0, 0.05) is 12.3 Å². The van der Waals surface area contributed by atoms with E-state index in [4.69, 9.17) is 4.74 Å². The first kappa shape index (κ1) is 13.9. The van der Waals surface area contributed by atoms with Crippen LogP contribution in [0, 0.1) is 11.8 Å². The van der Waals surface area contributed by atoms with Crippen LogP contribution in [0.4, 0.5) is 0 Å². The number of hydrogen-bond donors (Lipinski definition) is 0. The van der Waals surface area contributed by atoms with Gasteiger partial charge in [0.1, 0.15) is 6.61 Å². The number of hydrogen-bond acceptors (Lipinski definition) is 2. The zero-order valence-electron chi connectivity index (χ0n) is 11.2. The third-order valence-electron chi connectivity index (χ3n) is 2.78. The molecule has 2 heteroatoms. The first-order valence-corrected chi connectivity index (χ1v) is 6.58. The molecule has 0 aliphatic rings. The number of rotatable bonds is 4. The maximum absolute atomic E-state index is 11.4. The Balaban J connectivity index is 1.71. The Morgan fingerprint density at radius 1 is 0.900 bits per heavy atom. The van der Waals surface area contributed by atoms with Crippen molar-refractivity contribution in [3.63, 3.8) is 0 Å². The molecule has 0 fully saturated rings. The molecule has 0 bridgehead atoms. The van der Waals surface area contributed by atoms with Gasteiger partial charge in [0.25, 0.3) is 0 Å². The molecule has 100 valence electrons. The summed E-state index contributed by atoms with van der Waals surface area (Å²) in [7, 11) is 0. The van der Waals surface area contributed by atoms with E-state index in [1.807, 2.05) is 48.5 Å². The Kier molecular flexibility index (Phi) is 5.42. The summed E-state index contributed by atoms with van der Waals surface area (Å²) in [5, 5.41) is 0. The lowest BCUT2D eigenvalue weighted by Crippen LogP contribution is -2.01. The van der Waals surface area contributed by atoms with E-state index in [0.717, 1.165) is 12.0 Å². The molecule has 20 heavy (non-hydrogen) atoms. The largest absolute Gasteiger partial charge is 0.451 e. The molecular formula is C18H16O2.